The molecule has 2 aromatic rings. The number of aromatic hydroxyl groups is 1. The molecule has 0 aliphatic carbocycles. The van der Waals surface area contributed by atoms with Gasteiger partial charge in [-0.05, 0) is 60.2 Å². The summed E-state index contributed by atoms with van der Waals surface area (Å²) in [4.78, 5) is 23.9. The predicted molar refractivity (Wildman–Crippen MR) is 122 cm³/mol. The van der Waals surface area contributed by atoms with Gasteiger partial charge in [-0.1, -0.05) is 18.2 Å². The molecule has 0 atom stereocenters. The van der Waals surface area contributed by atoms with Crippen LogP contribution in [-0.2, 0) is 4.79 Å². The van der Waals surface area contributed by atoms with Crippen molar-refractivity contribution in [1.82, 2.24) is 10.6 Å². The lowest BCUT2D eigenvalue weighted by Gasteiger charge is -2.21. The highest BCUT2D eigenvalue weighted by atomic mass is 32.2. The lowest BCUT2D eigenvalue weighted by atomic mass is 10.2. The van der Waals surface area contributed by atoms with Gasteiger partial charge in [0, 0.05) is 18.7 Å². The van der Waals surface area contributed by atoms with Crippen LogP contribution in [0.15, 0.2) is 48.5 Å². The third kappa shape index (κ3) is 7.18. The quantitative estimate of drug-likeness (QED) is 0.511. The number of rotatable bonds is 9. The second-order valence-electron chi connectivity index (χ2n) is 6.79. The molecular formula is C22H26N2O4S2. The average Bonchev–Trinajstić information content (AvgIpc) is 2.78. The lowest BCUT2D eigenvalue weighted by molar-refractivity contribution is -0.123. The zero-order valence-electron chi connectivity index (χ0n) is 16.6. The summed E-state index contributed by atoms with van der Waals surface area (Å²) in [7, 11) is 0. The summed E-state index contributed by atoms with van der Waals surface area (Å²) >= 11 is 3.95. The number of hydrogen-bond donors (Lipinski definition) is 3. The van der Waals surface area contributed by atoms with E-state index in [-0.39, 0.29) is 24.2 Å². The molecule has 3 rings (SSSR count). The van der Waals surface area contributed by atoms with E-state index in [1.807, 2.05) is 35.7 Å². The number of carbonyl (C=O) groups is 2. The van der Waals surface area contributed by atoms with Crippen molar-refractivity contribution < 1.29 is 19.4 Å². The summed E-state index contributed by atoms with van der Waals surface area (Å²) in [5, 5.41) is 14.9. The van der Waals surface area contributed by atoms with Crippen molar-refractivity contribution in [1.29, 1.82) is 0 Å². The van der Waals surface area contributed by atoms with Crippen molar-refractivity contribution in [3.63, 3.8) is 0 Å². The molecule has 1 saturated heterocycles. The SMILES string of the molecule is O=C(COc1ccc(C2SCCCS2)cc1)NCCCNC(=O)c1cccc(O)c1. The molecule has 30 heavy (non-hydrogen) atoms. The van der Waals surface area contributed by atoms with Gasteiger partial charge >= 0.3 is 0 Å². The molecule has 8 heteroatoms. The van der Waals surface area contributed by atoms with Crippen LogP contribution in [0.1, 0.15) is 33.3 Å². The van der Waals surface area contributed by atoms with Crippen LogP contribution >= 0.6 is 23.5 Å². The molecule has 0 saturated carbocycles. The Labute approximate surface area is 185 Å². The van der Waals surface area contributed by atoms with Gasteiger partial charge < -0.3 is 20.5 Å². The molecule has 2 aromatic carbocycles. The Morgan fingerprint density at radius 3 is 2.50 bits per heavy atom. The second-order valence-corrected chi connectivity index (χ2v) is 9.52. The zero-order valence-corrected chi connectivity index (χ0v) is 18.3. The maximum Gasteiger partial charge on any atom is 0.257 e. The van der Waals surface area contributed by atoms with E-state index in [9.17, 15) is 14.7 Å². The molecular weight excluding hydrogens is 420 g/mol. The first kappa shape index (κ1) is 22.4. The maximum atomic E-state index is 11.9. The summed E-state index contributed by atoms with van der Waals surface area (Å²) in [5.41, 5.74) is 1.69. The van der Waals surface area contributed by atoms with E-state index in [0.29, 0.717) is 35.4 Å². The number of thioether (sulfide) groups is 2. The molecule has 0 bridgehead atoms. The summed E-state index contributed by atoms with van der Waals surface area (Å²) in [6.45, 7) is 0.827. The molecule has 1 aliphatic heterocycles. The van der Waals surface area contributed by atoms with Gasteiger partial charge in [0.05, 0.1) is 4.58 Å². The van der Waals surface area contributed by atoms with Crippen molar-refractivity contribution in [2.45, 2.75) is 17.4 Å². The third-order valence-corrected chi connectivity index (χ3v) is 7.43. The van der Waals surface area contributed by atoms with E-state index >= 15 is 0 Å². The van der Waals surface area contributed by atoms with E-state index in [2.05, 4.69) is 22.8 Å². The molecule has 1 aliphatic rings. The Morgan fingerprint density at radius 1 is 1.03 bits per heavy atom. The fourth-order valence-electron chi connectivity index (χ4n) is 2.87. The van der Waals surface area contributed by atoms with E-state index in [1.54, 1.807) is 12.1 Å². The minimum atomic E-state index is -0.256. The number of carbonyl (C=O) groups excluding carboxylic acids is 2. The van der Waals surface area contributed by atoms with E-state index < -0.39 is 0 Å². The van der Waals surface area contributed by atoms with Crippen LogP contribution in [0.25, 0.3) is 0 Å². The van der Waals surface area contributed by atoms with Gasteiger partial charge in [0.25, 0.3) is 11.8 Å². The number of hydrogen-bond acceptors (Lipinski definition) is 6. The zero-order chi connectivity index (χ0) is 21.2. The maximum absolute atomic E-state index is 11.9. The van der Waals surface area contributed by atoms with Gasteiger partial charge in [0.2, 0.25) is 0 Å². The van der Waals surface area contributed by atoms with Crippen LogP contribution in [0.2, 0.25) is 0 Å². The third-order valence-electron chi connectivity index (χ3n) is 4.42. The Kier molecular flexibility index (Phi) is 8.77. The molecule has 1 heterocycles. The molecule has 1 fully saturated rings. The highest BCUT2D eigenvalue weighted by molar-refractivity contribution is 8.16. The predicted octanol–water partition coefficient (Wildman–Crippen LogP) is 3.58. The minimum absolute atomic E-state index is 0.0398. The molecule has 6 nitrogen and oxygen atoms in total. The fraction of sp³-hybridized carbons (Fsp3) is 0.364. The molecule has 160 valence electrons. The monoisotopic (exact) mass is 446 g/mol. The summed E-state index contributed by atoms with van der Waals surface area (Å²) in [6.07, 6.45) is 1.87. The first-order valence-electron chi connectivity index (χ1n) is 9.92. The highest BCUT2D eigenvalue weighted by Crippen LogP contribution is 2.43. The Bertz CT molecular complexity index is 839. The van der Waals surface area contributed by atoms with Crippen molar-refractivity contribution in [3.8, 4) is 11.5 Å². The van der Waals surface area contributed by atoms with E-state index in [4.69, 9.17) is 4.74 Å². The van der Waals surface area contributed by atoms with Gasteiger partial charge in [-0.25, -0.2) is 0 Å². The Hall–Kier alpha value is -2.32. The van der Waals surface area contributed by atoms with Crippen molar-refractivity contribution in [2.24, 2.45) is 0 Å². The number of phenolic OH excluding ortho intramolecular Hbond substituents is 1. The van der Waals surface area contributed by atoms with Crippen molar-refractivity contribution >= 4 is 35.3 Å². The van der Waals surface area contributed by atoms with Crippen LogP contribution < -0.4 is 15.4 Å². The molecule has 2 amide bonds. The van der Waals surface area contributed by atoms with Crippen LogP contribution in [0.5, 0.6) is 11.5 Å². The Morgan fingerprint density at radius 2 is 1.77 bits per heavy atom. The number of phenols is 1. The molecule has 0 aromatic heterocycles. The molecule has 0 unspecified atom stereocenters. The average molecular weight is 447 g/mol. The van der Waals surface area contributed by atoms with Gasteiger partial charge in [-0.2, -0.15) is 0 Å². The van der Waals surface area contributed by atoms with Gasteiger partial charge in [0.1, 0.15) is 11.5 Å². The minimum Gasteiger partial charge on any atom is -0.508 e. The van der Waals surface area contributed by atoms with Gasteiger partial charge in [-0.3, -0.25) is 9.59 Å². The Balaban J connectivity index is 1.29. The van der Waals surface area contributed by atoms with Crippen LogP contribution in [0.3, 0.4) is 0 Å². The molecule has 0 spiro atoms. The largest absolute Gasteiger partial charge is 0.508 e. The second kappa shape index (κ2) is 11.8. The van der Waals surface area contributed by atoms with Crippen molar-refractivity contribution in [2.75, 3.05) is 31.2 Å². The number of ether oxygens (including phenoxy) is 1. The molecule has 3 N–H and O–H groups in total. The highest BCUT2D eigenvalue weighted by Gasteiger charge is 2.16. The molecule has 0 radical (unpaired) electrons. The fourth-order valence-corrected chi connectivity index (χ4v) is 5.76. The van der Waals surface area contributed by atoms with Gasteiger partial charge in [-0.15, -0.1) is 23.5 Å². The van der Waals surface area contributed by atoms with Crippen molar-refractivity contribution in [3.05, 3.63) is 59.7 Å². The van der Waals surface area contributed by atoms with Crippen LogP contribution in [-0.4, -0.2) is 48.1 Å². The van der Waals surface area contributed by atoms with Gasteiger partial charge in [0.15, 0.2) is 6.61 Å². The summed E-state index contributed by atoms with van der Waals surface area (Å²) < 4.78 is 6.05. The summed E-state index contributed by atoms with van der Waals surface area (Å²) in [6, 6.07) is 14.1. The summed E-state index contributed by atoms with van der Waals surface area (Å²) in [5.74, 6) is 2.69. The van der Waals surface area contributed by atoms with Crippen LogP contribution in [0.4, 0.5) is 0 Å². The number of amides is 2. The van der Waals surface area contributed by atoms with Crippen LogP contribution in [0, 0.1) is 0 Å². The normalized spacial score (nSPS) is 14.1. The first-order valence-corrected chi connectivity index (χ1v) is 12.0. The topological polar surface area (TPSA) is 87.7 Å². The number of nitrogens with one attached hydrogen (secondary N) is 2. The first-order chi connectivity index (χ1) is 14.6. The smallest absolute Gasteiger partial charge is 0.257 e. The van der Waals surface area contributed by atoms with E-state index in [1.165, 1.54) is 35.6 Å². The van der Waals surface area contributed by atoms with E-state index in [0.717, 1.165) is 0 Å². The standard InChI is InChI=1S/C22H26N2O4S2/c25-18-5-1-4-17(14-18)21(27)24-11-2-10-23-20(26)15-28-19-8-6-16(7-9-19)22-29-12-3-13-30-22/h1,4-9,14,22,25H,2-3,10-13,15H2,(H,23,26)(H,24,27). The number of benzene rings is 2. The lowest BCUT2D eigenvalue weighted by Crippen LogP contribution is -2.32.